The van der Waals surface area contributed by atoms with Crippen molar-refractivity contribution in [1.29, 1.82) is 5.26 Å². The minimum absolute atomic E-state index is 0.500. The number of benzene rings is 4. The molecule has 0 spiro atoms. The van der Waals surface area contributed by atoms with E-state index in [2.05, 4.69) is 148 Å². The van der Waals surface area contributed by atoms with Gasteiger partial charge in [0.05, 0.1) is 0 Å². The predicted molar refractivity (Wildman–Crippen MR) is 322 cm³/mol. The lowest BCUT2D eigenvalue weighted by Gasteiger charge is -2.23. The molecule has 4 atom stereocenters. The quantitative estimate of drug-likeness (QED) is 0.179. The Balaban J connectivity index is -0.000000125. The van der Waals surface area contributed by atoms with Crippen LogP contribution >= 0.6 is 0 Å². The van der Waals surface area contributed by atoms with Crippen molar-refractivity contribution < 1.29 is 9.47 Å². The van der Waals surface area contributed by atoms with Crippen LogP contribution in [0, 0.1) is 56.8 Å². The summed E-state index contributed by atoms with van der Waals surface area (Å²) in [5, 5.41) is 8.05. The maximum Gasteiger partial charge on any atom is 0.292 e. The molecule has 3 saturated carbocycles. The van der Waals surface area contributed by atoms with E-state index in [0.717, 1.165) is 0 Å². The lowest BCUT2D eigenvalue weighted by molar-refractivity contribution is 0.259. The highest BCUT2D eigenvalue weighted by molar-refractivity contribution is 5.21. The van der Waals surface area contributed by atoms with Crippen LogP contribution in [0.25, 0.3) is 0 Å². The van der Waals surface area contributed by atoms with E-state index in [4.69, 9.17) is 5.26 Å². The molecule has 3 heteroatoms. The smallest absolute Gasteiger partial charge is 0.292 e. The van der Waals surface area contributed by atoms with Crippen molar-refractivity contribution in [2.45, 2.75) is 218 Å². The van der Waals surface area contributed by atoms with Crippen molar-refractivity contribution in [3.05, 3.63) is 140 Å². The number of hydrogen-bond acceptors (Lipinski definition) is 3. The monoisotopic (exact) mass is 972 g/mol. The minimum Gasteiger partial charge on any atom is -0.388 e. The van der Waals surface area contributed by atoms with Gasteiger partial charge in [-0.25, -0.2) is 0 Å². The number of hydrogen-bond donors (Lipinski definition) is 0. The van der Waals surface area contributed by atoms with Crippen LogP contribution in [0.1, 0.15) is 218 Å². The molecule has 4 unspecified atom stereocenters. The fraction of sp³-hybridized carbons (Fsp3) is 0.627. The summed E-state index contributed by atoms with van der Waals surface area (Å²) in [4.78, 5) is 0. The van der Waals surface area contributed by atoms with Crippen LogP contribution in [0.15, 0.2) is 140 Å². The predicted octanol–water partition coefficient (Wildman–Crippen LogP) is 22.8. The normalized spacial score (nSPS) is 15.7. The molecule has 70 heavy (non-hydrogen) atoms. The van der Waals surface area contributed by atoms with E-state index in [-0.39, 0.29) is 0 Å². The topological polar surface area (TPSA) is 42.2 Å². The second-order valence-corrected chi connectivity index (χ2v) is 23.4. The molecule has 3 nitrogen and oxygen atoms in total. The molecule has 0 heterocycles. The molecular formula is C67H121NO2. The first-order valence-corrected chi connectivity index (χ1v) is 27.1. The standard InChI is InChI=1S/C10H16.C7H5NO.3C6H6.4C5H12.2C3H8.C2H6O.2C2H6/c1-2-9-7-4-5-8(6-7)10(9)3-1;8-6-9-7-4-2-1-3-5-7;3*1-2-4-6-5-3-1;4*1-5(2,3)4;3*1-3-2;2*1-2/h7-10H,1-6H2;1-5H;3*1-6H;4*1-4H3;2*3H2,1-2H3;1-2H3;2*1-2H3. The molecule has 2 bridgehead atoms. The van der Waals surface area contributed by atoms with E-state index >= 15 is 0 Å². The van der Waals surface area contributed by atoms with Gasteiger partial charge in [0.15, 0.2) is 0 Å². The van der Waals surface area contributed by atoms with Gasteiger partial charge in [-0.1, -0.05) is 313 Å². The first-order chi connectivity index (χ1) is 32.6. The van der Waals surface area contributed by atoms with Gasteiger partial charge in [-0.2, -0.15) is 0 Å². The van der Waals surface area contributed by atoms with Crippen molar-refractivity contribution in [1.82, 2.24) is 0 Å². The highest BCUT2D eigenvalue weighted by atomic mass is 16.5. The van der Waals surface area contributed by atoms with Crippen molar-refractivity contribution in [2.24, 2.45) is 45.3 Å². The largest absolute Gasteiger partial charge is 0.388 e. The van der Waals surface area contributed by atoms with Crippen LogP contribution in [0.2, 0.25) is 0 Å². The first-order valence-electron chi connectivity index (χ1n) is 27.1. The minimum atomic E-state index is 0.500. The van der Waals surface area contributed by atoms with E-state index in [0.29, 0.717) is 27.4 Å². The molecule has 4 aromatic rings. The molecular weight excluding hydrogens is 851 g/mol. The second-order valence-electron chi connectivity index (χ2n) is 23.4. The molecule has 3 aliphatic rings. The van der Waals surface area contributed by atoms with Crippen LogP contribution < -0.4 is 4.74 Å². The summed E-state index contributed by atoms with van der Waals surface area (Å²) in [6, 6.07) is 44.9. The highest BCUT2D eigenvalue weighted by Gasteiger charge is 2.48. The van der Waals surface area contributed by atoms with E-state index in [1.54, 1.807) is 71.1 Å². The third-order valence-corrected chi connectivity index (χ3v) is 7.26. The van der Waals surface area contributed by atoms with Crippen molar-refractivity contribution >= 4 is 0 Å². The zero-order chi connectivity index (χ0) is 55.9. The molecule has 0 aliphatic heterocycles. The van der Waals surface area contributed by atoms with Gasteiger partial charge in [0.25, 0.3) is 6.26 Å². The molecule has 7 rings (SSSR count). The molecule has 0 radical (unpaired) electrons. The molecule has 0 aromatic heterocycles. The van der Waals surface area contributed by atoms with Gasteiger partial charge in [0.1, 0.15) is 5.75 Å². The zero-order valence-corrected chi connectivity index (χ0v) is 51.5. The number of nitrogens with zero attached hydrogens (tertiary/aromatic N) is 1. The van der Waals surface area contributed by atoms with Gasteiger partial charge in [-0.15, -0.1) is 5.26 Å². The average molecular weight is 973 g/mol. The molecule has 3 aliphatic carbocycles. The van der Waals surface area contributed by atoms with Crippen LogP contribution in [-0.2, 0) is 4.74 Å². The molecule has 0 saturated heterocycles. The first kappa shape index (κ1) is 80.2. The summed E-state index contributed by atoms with van der Waals surface area (Å²) >= 11 is 0. The van der Waals surface area contributed by atoms with E-state index in [1.807, 2.05) is 155 Å². The molecule has 406 valence electrons. The second kappa shape index (κ2) is 56.0. The number of para-hydroxylation sites is 1. The van der Waals surface area contributed by atoms with Gasteiger partial charge in [-0.05, 0) is 89.6 Å². The molecule has 4 aromatic carbocycles. The molecule has 0 amide bonds. The lowest BCUT2D eigenvalue weighted by atomic mass is 9.82. The van der Waals surface area contributed by atoms with Gasteiger partial charge in [-0.3, -0.25) is 0 Å². The summed E-state index contributed by atoms with van der Waals surface area (Å²) in [6.45, 7) is 51.5. The van der Waals surface area contributed by atoms with Crippen LogP contribution in [0.4, 0.5) is 0 Å². The molecule has 0 N–H and O–H groups in total. The van der Waals surface area contributed by atoms with E-state index < -0.39 is 0 Å². The Hall–Kier alpha value is -3.87. The summed E-state index contributed by atoms with van der Waals surface area (Å²) < 4.78 is 8.76. The number of rotatable bonds is 1. The van der Waals surface area contributed by atoms with Crippen molar-refractivity contribution in [3.8, 4) is 12.0 Å². The molecule has 3 fully saturated rings. The van der Waals surface area contributed by atoms with Gasteiger partial charge < -0.3 is 9.47 Å². The zero-order valence-electron chi connectivity index (χ0n) is 51.5. The summed E-state index contributed by atoms with van der Waals surface area (Å²) in [5.74, 6) is 5.38. The van der Waals surface area contributed by atoms with Crippen molar-refractivity contribution in [2.75, 3.05) is 14.2 Å². The third kappa shape index (κ3) is 94.0. The Morgan fingerprint density at radius 1 is 0.400 bits per heavy atom. The van der Waals surface area contributed by atoms with Gasteiger partial charge >= 0.3 is 0 Å². The van der Waals surface area contributed by atoms with Crippen LogP contribution in [0.5, 0.6) is 5.75 Å². The maximum absolute atomic E-state index is 8.05. The van der Waals surface area contributed by atoms with E-state index in [1.165, 1.54) is 36.5 Å². The Morgan fingerprint density at radius 3 is 0.743 bits per heavy atom. The fourth-order valence-corrected chi connectivity index (χ4v) is 5.71. The number of methoxy groups -OCH3 is 1. The Bertz CT molecular complexity index is 1240. The average Bonchev–Trinajstić information content (AvgIpc) is 4.05. The van der Waals surface area contributed by atoms with Crippen molar-refractivity contribution in [3.63, 3.8) is 0 Å². The van der Waals surface area contributed by atoms with Crippen LogP contribution in [-0.4, -0.2) is 14.2 Å². The Labute approximate surface area is 441 Å². The summed E-state index contributed by atoms with van der Waals surface area (Å²) in [7, 11) is 3.25. The Kier molecular flexibility index (Phi) is 64.2. The number of nitriles is 1. The summed E-state index contributed by atoms with van der Waals surface area (Å²) in [6.07, 6.45) is 13.6. The van der Waals surface area contributed by atoms with Gasteiger partial charge in [0, 0.05) is 14.2 Å². The fourth-order valence-electron chi connectivity index (χ4n) is 5.71. The Morgan fingerprint density at radius 2 is 0.571 bits per heavy atom. The third-order valence-electron chi connectivity index (χ3n) is 7.26. The van der Waals surface area contributed by atoms with E-state index in [9.17, 15) is 0 Å². The number of ether oxygens (including phenoxy) is 2. The highest BCUT2D eigenvalue weighted by Crippen LogP contribution is 2.58. The maximum atomic E-state index is 8.05. The lowest BCUT2D eigenvalue weighted by Crippen LogP contribution is -2.15. The summed E-state index contributed by atoms with van der Waals surface area (Å²) in [5.41, 5.74) is 2.00. The SMILES string of the molecule is C1CC2C3CCC(C3)C2C1.CC.CC.CC(C)(C)C.CC(C)(C)C.CC(C)(C)C.CC(C)(C)C.CCC.CCC.COC.N#COc1ccccc1.c1ccccc1.c1ccccc1.c1ccccc1. The number of fused-ring (bicyclic) bond motifs is 5. The van der Waals surface area contributed by atoms with Gasteiger partial charge in [0.2, 0.25) is 0 Å². The van der Waals surface area contributed by atoms with Crippen LogP contribution in [0.3, 0.4) is 0 Å².